The summed E-state index contributed by atoms with van der Waals surface area (Å²) < 4.78 is 11.5. The van der Waals surface area contributed by atoms with Gasteiger partial charge in [0.25, 0.3) is 0 Å². The number of fused-ring (bicyclic) bond motifs is 9. The van der Waals surface area contributed by atoms with Gasteiger partial charge in [-0.25, -0.2) is 10.0 Å². The molecule has 44 heavy (non-hydrogen) atoms. The van der Waals surface area contributed by atoms with E-state index >= 15 is 0 Å². The van der Waals surface area contributed by atoms with Gasteiger partial charge in [-0.3, -0.25) is 0 Å². The van der Waals surface area contributed by atoms with Crippen molar-refractivity contribution in [2.45, 2.75) is 4.90 Å². The van der Waals surface area contributed by atoms with E-state index in [1.165, 1.54) is 65.0 Å². The topological polar surface area (TPSA) is 23.0 Å². The lowest BCUT2D eigenvalue weighted by atomic mass is 10.0. The molecule has 0 fully saturated rings. The quantitative estimate of drug-likeness (QED) is 0.201. The van der Waals surface area contributed by atoms with Crippen molar-refractivity contribution in [1.82, 2.24) is 9.13 Å². The molecule has 9 aromatic rings. The molecule has 3 nitrogen and oxygen atoms in total. The Labute approximate surface area is 257 Å². The minimum atomic E-state index is -0.971. The summed E-state index contributed by atoms with van der Waals surface area (Å²) in [7, 11) is 1.18. The maximum absolute atomic E-state index is 6.83. The largest absolute Gasteiger partial charge is 0.453 e. The Bertz CT molecular complexity index is 2610. The number of rotatable bonds is 3. The fourth-order valence-corrected chi connectivity index (χ4v) is 8.39. The highest BCUT2D eigenvalue weighted by Crippen LogP contribution is 2.50. The van der Waals surface area contributed by atoms with Crippen LogP contribution in [0.1, 0.15) is 0 Å². The number of para-hydroxylation sites is 4. The van der Waals surface area contributed by atoms with E-state index in [0.717, 1.165) is 22.2 Å². The Morgan fingerprint density at radius 1 is 0.477 bits per heavy atom. The van der Waals surface area contributed by atoms with Crippen LogP contribution >= 0.6 is 10.0 Å². The van der Waals surface area contributed by atoms with E-state index in [1.54, 1.807) is 0 Å². The van der Waals surface area contributed by atoms with E-state index in [0.29, 0.717) is 0 Å². The van der Waals surface area contributed by atoms with Crippen molar-refractivity contribution in [1.29, 1.82) is 0 Å². The number of nitrogens with zero attached hydrogens (tertiary/aromatic N) is 2. The predicted octanol–water partition coefficient (Wildman–Crippen LogP) is 11.0. The number of aryl methyl sites for hydroxylation is 1. The van der Waals surface area contributed by atoms with E-state index in [4.69, 9.17) is 4.42 Å². The average Bonchev–Trinajstić information content (AvgIpc) is 3.68. The highest BCUT2D eigenvalue weighted by Gasteiger charge is 2.21. The summed E-state index contributed by atoms with van der Waals surface area (Å²) in [6, 6.07) is 44.3. The summed E-state index contributed by atoms with van der Waals surface area (Å²) in [6.07, 6.45) is 7.00. The summed E-state index contributed by atoms with van der Waals surface area (Å²) in [5, 5.41) is 7.41. The van der Waals surface area contributed by atoms with Gasteiger partial charge in [-0.2, -0.15) is 0 Å². The molecule has 0 aliphatic rings. The minimum absolute atomic E-state index is 0.937. The van der Waals surface area contributed by atoms with Crippen LogP contribution in [0.2, 0.25) is 0 Å². The van der Waals surface area contributed by atoms with Crippen LogP contribution in [-0.2, 0) is 7.05 Å². The molecule has 0 saturated carbocycles. The molecule has 0 spiro atoms. The third-order valence-electron chi connectivity index (χ3n) is 9.29. The van der Waals surface area contributed by atoms with Crippen LogP contribution in [0.15, 0.2) is 131 Å². The third kappa shape index (κ3) is 3.52. The molecule has 0 aliphatic heterocycles. The van der Waals surface area contributed by atoms with Crippen molar-refractivity contribution in [2.24, 2.45) is 7.05 Å². The Morgan fingerprint density at radius 3 is 1.73 bits per heavy atom. The van der Waals surface area contributed by atoms with E-state index in [9.17, 15) is 0 Å². The van der Waals surface area contributed by atoms with Crippen molar-refractivity contribution in [2.75, 3.05) is 18.8 Å². The lowest BCUT2D eigenvalue weighted by Crippen LogP contribution is -1.94. The summed E-state index contributed by atoms with van der Waals surface area (Å²) in [6.45, 7) is 0. The Balaban J connectivity index is 1.29. The molecule has 0 bridgehead atoms. The monoisotopic (exact) mass is 588 g/mol. The first kappa shape index (κ1) is 25.6. The standard InChI is InChI=1S/C40H32N2OS/c1-41-33-15-7-5-11-27(33)31-23-25(19-21-34(31)41)26-20-22-36-32(24-26)28-12-6-8-16-35(28)42(36)37-17-9-13-29-30-14-10-18-38(44(2,3)4)40(30)43-39(29)37/h5-24H,1-4H3. The molecule has 6 aromatic carbocycles. The van der Waals surface area contributed by atoms with Gasteiger partial charge in [-0.05, 0) is 78.4 Å². The molecule has 0 aliphatic carbocycles. The van der Waals surface area contributed by atoms with E-state index < -0.39 is 10.0 Å². The zero-order valence-electron chi connectivity index (χ0n) is 25.3. The molecule has 0 radical (unpaired) electrons. The second-order valence-corrected chi connectivity index (χ2v) is 16.7. The first-order valence-corrected chi connectivity index (χ1v) is 17.9. The predicted molar refractivity (Wildman–Crippen MR) is 191 cm³/mol. The van der Waals surface area contributed by atoms with Crippen molar-refractivity contribution < 1.29 is 4.42 Å². The first-order valence-electron chi connectivity index (χ1n) is 15.0. The normalized spacial score (nSPS) is 12.9. The molecule has 3 aromatic heterocycles. The van der Waals surface area contributed by atoms with Crippen LogP contribution < -0.4 is 0 Å². The van der Waals surface area contributed by atoms with Gasteiger partial charge in [0.1, 0.15) is 5.58 Å². The van der Waals surface area contributed by atoms with Gasteiger partial charge in [0.15, 0.2) is 5.58 Å². The molecule has 3 heterocycles. The molecule has 9 rings (SSSR count). The molecule has 0 atom stereocenters. The van der Waals surface area contributed by atoms with Gasteiger partial charge in [-0.1, -0.05) is 72.8 Å². The van der Waals surface area contributed by atoms with Gasteiger partial charge in [-0.15, -0.1) is 0 Å². The van der Waals surface area contributed by atoms with E-state index in [-0.39, 0.29) is 0 Å². The van der Waals surface area contributed by atoms with Crippen LogP contribution in [0.3, 0.4) is 0 Å². The third-order valence-corrected chi connectivity index (χ3v) is 10.9. The molecule has 0 N–H and O–H groups in total. The lowest BCUT2D eigenvalue weighted by molar-refractivity contribution is 0.657. The highest BCUT2D eigenvalue weighted by atomic mass is 32.3. The number of hydrogen-bond donors (Lipinski definition) is 0. The number of aromatic nitrogens is 2. The van der Waals surface area contributed by atoms with Crippen LogP contribution in [0.4, 0.5) is 0 Å². The van der Waals surface area contributed by atoms with Crippen molar-refractivity contribution >= 4 is 75.6 Å². The summed E-state index contributed by atoms with van der Waals surface area (Å²) in [4.78, 5) is 1.31. The van der Waals surface area contributed by atoms with Crippen LogP contribution in [0, 0.1) is 0 Å². The van der Waals surface area contributed by atoms with Crippen molar-refractivity contribution in [3.05, 3.63) is 121 Å². The summed E-state index contributed by atoms with van der Waals surface area (Å²) >= 11 is 0. The Morgan fingerprint density at radius 2 is 1.00 bits per heavy atom. The zero-order chi connectivity index (χ0) is 29.7. The molecule has 0 saturated heterocycles. The number of hydrogen-bond acceptors (Lipinski definition) is 1. The molecular weight excluding hydrogens is 557 g/mol. The van der Waals surface area contributed by atoms with Crippen LogP contribution in [-0.4, -0.2) is 27.9 Å². The van der Waals surface area contributed by atoms with Crippen molar-refractivity contribution in [3.8, 4) is 16.8 Å². The van der Waals surface area contributed by atoms with E-state index in [1.807, 2.05) is 0 Å². The fraction of sp³-hybridized carbons (Fsp3) is 0.100. The zero-order valence-corrected chi connectivity index (χ0v) is 26.1. The summed E-state index contributed by atoms with van der Waals surface area (Å²) in [5.74, 6) is 0. The second kappa shape index (κ2) is 9.04. The first-order chi connectivity index (χ1) is 21.4. The minimum Gasteiger partial charge on any atom is -0.453 e. The fourth-order valence-electron chi connectivity index (χ4n) is 7.20. The summed E-state index contributed by atoms with van der Waals surface area (Å²) in [5.41, 5.74) is 10.3. The van der Waals surface area contributed by atoms with E-state index in [2.05, 4.69) is 156 Å². The highest BCUT2D eigenvalue weighted by molar-refractivity contribution is 8.32. The SMILES string of the molecule is Cn1c2ccccc2c2cc(-c3ccc4c(c3)c3ccccc3n4-c3cccc4c3oc3c(S(C)(C)C)cccc34)ccc21. The maximum Gasteiger partial charge on any atom is 0.159 e. The molecule has 4 heteroatoms. The average molecular weight is 589 g/mol. The smallest absolute Gasteiger partial charge is 0.159 e. The molecule has 0 unspecified atom stereocenters. The molecular formula is C40H32N2OS. The Kier molecular flexibility index (Phi) is 5.25. The van der Waals surface area contributed by atoms with Gasteiger partial charge in [0.2, 0.25) is 0 Å². The van der Waals surface area contributed by atoms with Crippen LogP contribution in [0.25, 0.3) is 82.4 Å². The van der Waals surface area contributed by atoms with Gasteiger partial charge in [0.05, 0.1) is 16.7 Å². The van der Waals surface area contributed by atoms with Gasteiger partial charge in [0, 0.05) is 55.3 Å². The number of benzene rings is 6. The molecule has 0 amide bonds. The van der Waals surface area contributed by atoms with Crippen LogP contribution in [0.5, 0.6) is 0 Å². The second-order valence-electron chi connectivity index (χ2n) is 12.6. The number of furan rings is 1. The molecule has 214 valence electrons. The lowest BCUT2D eigenvalue weighted by Gasteiger charge is -2.25. The van der Waals surface area contributed by atoms with Gasteiger partial charge >= 0.3 is 0 Å². The Hall–Kier alpha value is -4.93. The van der Waals surface area contributed by atoms with Gasteiger partial charge < -0.3 is 13.6 Å². The van der Waals surface area contributed by atoms with Crippen molar-refractivity contribution in [3.63, 3.8) is 0 Å². The maximum atomic E-state index is 6.83.